The quantitative estimate of drug-likeness (QED) is 0.887. The maximum atomic E-state index is 12.9. The number of amides is 1. The second kappa shape index (κ2) is 7.45. The van der Waals surface area contributed by atoms with Crippen molar-refractivity contribution in [2.45, 2.75) is 26.0 Å². The minimum atomic E-state index is -0.259. The topological polar surface area (TPSA) is 55.6 Å². The van der Waals surface area contributed by atoms with E-state index in [-0.39, 0.29) is 11.7 Å². The van der Waals surface area contributed by atoms with E-state index >= 15 is 0 Å². The lowest BCUT2D eigenvalue weighted by molar-refractivity contribution is -0.118. The Bertz CT molecular complexity index is 716. The van der Waals surface area contributed by atoms with Gasteiger partial charge in [0.2, 0.25) is 5.91 Å². The van der Waals surface area contributed by atoms with Crippen LogP contribution in [-0.4, -0.2) is 23.9 Å². The van der Waals surface area contributed by atoms with Crippen LogP contribution >= 0.6 is 0 Å². The van der Waals surface area contributed by atoms with Crippen LogP contribution in [0.3, 0.4) is 0 Å². The number of hydrogen-bond acceptors (Lipinski definition) is 3. The summed E-state index contributed by atoms with van der Waals surface area (Å²) < 4.78 is 18.7. The zero-order valence-electron chi connectivity index (χ0n) is 13.5. The number of rotatable bonds is 6. The average Bonchev–Trinajstić information content (AvgIpc) is 2.59. The van der Waals surface area contributed by atoms with Crippen molar-refractivity contribution in [3.05, 3.63) is 65.0 Å². The van der Waals surface area contributed by atoms with Crippen LogP contribution in [0.25, 0.3) is 0 Å². The Morgan fingerprint density at radius 2 is 1.96 bits per heavy atom. The molecule has 2 aromatic carbocycles. The van der Waals surface area contributed by atoms with E-state index in [0.717, 1.165) is 30.8 Å². The van der Waals surface area contributed by atoms with Crippen molar-refractivity contribution in [2.24, 2.45) is 5.73 Å². The predicted octanol–water partition coefficient (Wildman–Crippen LogP) is 2.64. The van der Waals surface area contributed by atoms with Crippen LogP contribution in [0.5, 0.6) is 5.75 Å². The Morgan fingerprint density at radius 1 is 1.17 bits per heavy atom. The predicted molar refractivity (Wildman–Crippen MR) is 90.0 cm³/mol. The molecule has 5 heteroatoms. The van der Waals surface area contributed by atoms with Crippen molar-refractivity contribution in [1.29, 1.82) is 0 Å². The highest BCUT2D eigenvalue weighted by molar-refractivity contribution is 5.73. The first-order valence-electron chi connectivity index (χ1n) is 8.10. The van der Waals surface area contributed by atoms with Crippen LogP contribution in [0.4, 0.5) is 4.39 Å². The van der Waals surface area contributed by atoms with Gasteiger partial charge in [0.05, 0.1) is 0 Å². The molecule has 2 N–H and O–H groups in total. The molecule has 1 amide bonds. The summed E-state index contributed by atoms with van der Waals surface area (Å²) in [5.41, 5.74) is 8.69. The molecule has 0 fully saturated rings. The van der Waals surface area contributed by atoms with Crippen LogP contribution in [-0.2, 0) is 24.4 Å². The lowest BCUT2D eigenvalue weighted by Gasteiger charge is -2.28. The zero-order valence-corrected chi connectivity index (χ0v) is 13.5. The number of hydrogen-bond donors (Lipinski definition) is 1. The number of nitrogens with zero attached hydrogens (tertiary/aromatic N) is 1. The Labute approximate surface area is 141 Å². The summed E-state index contributed by atoms with van der Waals surface area (Å²) in [6.45, 7) is 2.88. The van der Waals surface area contributed by atoms with E-state index in [1.54, 1.807) is 12.1 Å². The Hall–Kier alpha value is -2.40. The monoisotopic (exact) mass is 328 g/mol. The molecule has 2 aromatic rings. The molecule has 0 spiro atoms. The Kier molecular flexibility index (Phi) is 5.11. The summed E-state index contributed by atoms with van der Waals surface area (Å²) in [6, 6.07) is 12.4. The molecule has 0 aromatic heterocycles. The number of benzene rings is 2. The molecule has 0 bridgehead atoms. The smallest absolute Gasteiger partial charge is 0.218 e. The Balaban J connectivity index is 1.58. The molecule has 0 atom stereocenters. The largest absolute Gasteiger partial charge is 0.489 e. The number of carbonyl (C=O) groups is 1. The normalized spacial score (nSPS) is 14.2. The summed E-state index contributed by atoms with van der Waals surface area (Å²) >= 11 is 0. The highest BCUT2D eigenvalue weighted by Gasteiger charge is 2.17. The van der Waals surface area contributed by atoms with E-state index in [1.165, 1.54) is 23.3 Å². The van der Waals surface area contributed by atoms with Gasteiger partial charge in [-0.1, -0.05) is 18.2 Å². The van der Waals surface area contributed by atoms with Gasteiger partial charge in [-0.3, -0.25) is 9.69 Å². The van der Waals surface area contributed by atoms with E-state index in [9.17, 15) is 9.18 Å². The summed E-state index contributed by atoms with van der Waals surface area (Å²) in [5.74, 6) is 0.322. The van der Waals surface area contributed by atoms with Gasteiger partial charge in [-0.2, -0.15) is 0 Å². The van der Waals surface area contributed by atoms with Gasteiger partial charge < -0.3 is 10.5 Å². The van der Waals surface area contributed by atoms with Crippen LogP contribution in [0.2, 0.25) is 0 Å². The third kappa shape index (κ3) is 4.32. The fourth-order valence-electron chi connectivity index (χ4n) is 2.88. The highest BCUT2D eigenvalue weighted by Crippen LogP contribution is 2.24. The molecule has 0 unspecified atom stereocenters. The molecular formula is C19H21FN2O2. The van der Waals surface area contributed by atoms with Crippen LogP contribution in [0.1, 0.15) is 23.1 Å². The molecule has 4 nitrogen and oxygen atoms in total. The molecule has 3 rings (SSSR count). The summed E-state index contributed by atoms with van der Waals surface area (Å²) in [7, 11) is 0. The van der Waals surface area contributed by atoms with Gasteiger partial charge in [0.1, 0.15) is 18.2 Å². The first-order chi connectivity index (χ1) is 11.6. The third-order valence-corrected chi connectivity index (χ3v) is 4.26. The third-order valence-electron chi connectivity index (χ3n) is 4.26. The van der Waals surface area contributed by atoms with Gasteiger partial charge >= 0.3 is 0 Å². The Morgan fingerprint density at radius 3 is 2.71 bits per heavy atom. The van der Waals surface area contributed by atoms with Crippen LogP contribution < -0.4 is 10.5 Å². The van der Waals surface area contributed by atoms with E-state index < -0.39 is 0 Å². The lowest BCUT2D eigenvalue weighted by Crippen LogP contribution is -2.33. The van der Waals surface area contributed by atoms with Gasteiger partial charge in [-0.05, 0) is 47.4 Å². The maximum absolute atomic E-state index is 12.9. The number of fused-ring (bicyclic) bond motifs is 1. The van der Waals surface area contributed by atoms with Gasteiger partial charge in [0, 0.05) is 26.1 Å². The van der Waals surface area contributed by atoms with Crippen molar-refractivity contribution in [1.82, 2.24) is 4.90 Å². The molecule has 1 aliphatic rings. The van der Waals surface area contributed by atoms with Crippen LogP contribution in [0.15, 0.2) is 42.5 Å². The van der Waals surface area contributed by atoms with Crippen molar-refractivity contribution >= 4 is 5.91 Å². The first kappa shape index (κ1) is 16.5. The maximum Gasteiger partial charge on any atom is 0.218 e. The zero-order chi connectivity index (χ0) is 16.9. The number of primary amides is 1. The SMILES string of the molecule is NC(=O)CCN1CCc2cc(OCc3ccc(F)cc3)ccc2C1. The molecule has 0 saturated heterocycles. The van der Waals surface area contributed by atoms with E-state index in [4.69, 9.17) is 10.5 Å². The van der Waals surface area contributed by atoms with Gasteiger partial charge in [0.15, 0.2) is 0 Å². The second-order valence-corrected chi connectivity index (χ2v) is 6.09. The molecule has 1 heterocycles. The second-order valence-electron chi connectivity index (χ2n) is 6.09. The number of nitrogens with two attached hydrogens (primary N) is 1. The average molecular weight is 328 g/mol. The van der Waals surface area contributed by atoms with Crippen molar-refractivity contribution < 1.29 is 13.9 Å². The van der Waals surface area contributed by atoms with Crippen molar-refractivity contribution in [2.75, 3.05) is 13.1 Å². The lowest BCUT2D eigenvalue weighted by atomic mass is 9.99. The van der Waals surface area contributed by atoms with Gasteiger partial charge in [-0.15, -0.1) is 0 Å². The number of halogens is 1. The molecule has 24 heavy (non-hydrogen) atoms. The molecule has 0 aliphatic carbocycles. The molecule has 126 valence electrons. The van der Waals surface area contributed by atoms with Crippen LogP contribution in [0, 0.1) is 5.82 Å². The van der Waals surface area contributed by atoms with E-state index in [1.807, 2.05) is 6.07 Å². The summed E-state index contributed by atoms with van der Waals surface area (Å²) in [6.07, 6.45) is 1.33. The van der Waals surface area contributed by atoms with Gasteiger partial charge in [0.25, 0.3) is 0 Å². The fourth-order valence-corrected chi connectivity index (χ4v) is 2.88. The summed E-state index contributed by atoms with van der Waals surface area (Å²) in [4.78, 5) is 13.1. The summed E-state index contributed by atoms with van der Waals surface area (Å²) in [5, 5.41) is 0. The first-order valence-corrected chi connectivity index (χ1v) is 8.10. The molecule has 0 radical (unpaired) electrons. The molecule has 1 aliphatic heterocycles. The van der Waals surface area contributed by atoms with Gasteiger partial charge in [-0.25, -0.2) is 4.39 Å². The van der Waals surface area contributed by atoms with Crippen molar-refractivity contribution in [3.63, 3.8) is 0 Å². The molecular weight excluding hydrogens is 307 g/mol. The van der Waals surface area contributed by atoms with Crippen molar-refractivity contribution in [3.8, 4) is 5.75 Å². The number of carbonyl (C=O) groups excluding carboxylic acids is 1. The molecule has 0 saturated carbocycles. The highest BCUT2D eigenvalue weighted by atomic mass is 19.1. The minimum absolute atomic E-state index is 0.242. The fraction of sp³-hybridized carbons (Fsp3) is 0.316. The number of ether oxygens (including phenoxy) is 1. The minimum Gasteiger partial charge on any atom is -0.489 e. The van der Waals surface area contributed by atoms with E-state index in [2.05, 4.69) is 17.0 Å². The van der Waals surface area contributed by atoms with E-state index in [0.29, 0.717) is 19.6 Å². The standard InChI is InChI=1S/C19H21FN2O2/c20-17-4-1-14(2-5-17)13-24-18-6-3-16-12-22(10-8-19(21)23)9-7-15(16)11-18/h1-6,11H,7-10,12-13H2,(H2,21,23).